The van der Waals surface area contributed by atoms with Crippen LogP contribution < -0.4 is 4.74 Å². The van der Waals surface area contributed by atoms with Crippen molar-refractivity contribution in [1.29, 1.82) is 0 Å². The lowest BCUT2D eigenvalue weighted by Gasteiger charge is -2.52. The van der Waals surface area contributed by atoms with Gasteiger partial charge >= 0.3 is 6.09 Å². The first-order valence-electron chi connectivity index (χ1n) is 11.9. The fraction of sp³-hybridized carbons (Fsp3) is 0.519. The highest BCUT2D eigenvalue weighted by molar-refractivity contribution is 5.69. The van der Waals surface area contributed by atoms with E-state index in [0.717, 1.165) is 42.8 Å². The third-order valence-electron chi connectivity index (χ3n) is 6.99. The second-order valence-corrected chi connectivity index (χ2v) is 10.0. The molecule has 1 atom stereocenters. The Morgan fingerprint density at radius 2 is 1.70 bits per heavy atom. The van der Waals surface area contributed by atoms with Crippen LogP contribution >= 0.6 is 0 Å². The van der Waals surface area contributed by atoms with Crippen LogP contribution in [0.15, 0.2) is 48.5 Å². The van der Waals surface area contributed by atoms with Gasteiger partial charge in [-0.25, -0.2) is 9.18 Å². The van der Waals surface area contributed by atoms with E-state index in [2.05, 4.69) is 25.8 Å². The number of hydrogen-bond acceptors (Lipinski definition) is 4. The summed E-state index contributed by atoms with van der Waals surface area (Å²) in [6.07, 6.45) is 2.36. The van der Waals surface area contributed by atoms with E-state index in [1.165, 1.54) is 12.1 Å². The zero-order chi connectivity index (χ0) is 23.4. The molecule has 2 fully saturated rings. The second kappa shape index (κ2) is 10.1. The highest BCUT2D eigenvalue weighted by atomic mass is 19.1. The van der Waals surface area contributed by atoms with Crippen molar-refractivity contribution in [1.82, 2.24) is 9.80 Å². The van der Waals surface area contributed by atoms with E-state index in [4.69, 9.17) is 9.47 Å². The van der Waals surface area contributed by atoms with Gasteiger partial charge in [-0.15, -0.1) is 0 Å². The summed E-state index contributed by atoms with van der Waals surface area (Å²) in [7, 11) is 2.14. The molecule has 0 radical (unpaired) electrons. The smallest absolute Gasteiger partial charge is 0.410 e. The highest BCUT2D eigenvalue weighted by Gasteiger charge is 2.49. The molecular formula is C27H35FN2O3. The summed E-state index contributed by atoms with van der Waals surface area (Å²) in [6, 6.07) is 14.6. The van der Waals surface area contributed by atoms with E-state index in [1.54, 1.807) is 0 Å². The van der Waals surface area contributed by atoms with Crippen LogP contribution in [0.2, 0.25) is 0 Å². The molecule has 5 nitrogen and oxygen atoms in total. The fourth-order valence-corrected chi connectivity index (χ4v) is 4.88. The van der Waals surface area contributed by atoms with Crippen LogP contribution in [0.5, 0.6) is 5.75 Å². The van der Waals surface area contributed by atoms with Crippen LogP contribution in [0.3, 0.4) is 0 Å². The zero-order valence-corrected chi connectivity index (χ0v) is 19.9. The topological polar surface area (TPSA) is 42.0 Å². The van der Waals surface area contributed by atoms with E-state index in [-0.39, 0.29) is 23.4 Å². The van der Waals surface area contributed by atoms with E-state index in [1.807, 2.05) is 41.3 Å². The van der Waals surface area contributed by atoms with Gasteiger partial charge in [0.15, 0.2) is 0 Å². The van der Waals surface area contributed by atoms with Crippen LogP contribution in [-0.2, 0) is 17.7 Å². The van der Waals surface area contributed by atoms with E-state index in [0.29, 0.717) is 32.1 Å². The molecule has 1 spiro atoms. The maximum Gasteiger partial charge on any atom is 0.410 e. The Morgan fingerprint density at radius 3 is 2.33 bits per heavy atom. The summed E-state index contributed by atoms with van der Waals surface area (Å²) in [4.78, 5) is 17.2. The molecule has 2 saturated heterocycles. The summed E-state index contributed by atoms with van der Waals surface area (Å²) < 4.78 is 25.1. The number of carbonyl (C=O) groups is 1. The molecular weight excluding hydrogens is 419 g/mol. The molecule has 0 bridgehead atoms. The Labute approximate surface area is 196 Å². The third kappa shape index (κ3) is 5.67. The Bertz CT molecular complexity index is 921. The summed E-state index contributed by atoms with van der Waals surface area (Å²) >= 11 is 0. The molecule has 2 aromatic rings. The van der Waals surface area contributed by atoms with Crippen molar-refractivity contribution in [3.63, 3.8) is 0 Å². The number of rotatable bonds is 7. The van der Waals surface area contributed by atoms with Crippen molar-refractivity contribution in [2.45, 2.75) is 45.7 Å². The van der Waals surface area contributed by atoms with Gasteiger partial charge in [0.2, 0.25) is 0 Å². The first-order chi connectivity index (χ1) is 15.8. The van der Waals surface area contributed by atoms with Crippen molar-refractivity contribution in [2.75, 3.05) is 33.4 Å². The number of ether oxygens (including phenoxy) is 2. The van der Waals surface area contributed by atoms with Crippen molar-refractivity contribution in [3.05, 3.63) is 65.5 Å². The predicted octanol–water partition coefficient (Wildman–Crippen LogP) is 5.14. The van der Waals surface area contributed by atoms with Crippen molar-refractivity contribution in [3.8, 4) is 5.75 Å². The molecule has 0 aliphatic carbocycles. The van der Waals surface area contributed by atoms with Crippen molar-refractivity contribution >= 4 is 6.09 Å². The maximum atomic E-state index is 13.5. The molecule has 4 rings (SSSR count). The first-order valence-corrected chi connectivity index (χ1v) is 11.9. The molecule has 1 amide bonds. The van der Waals surface area contributed by atoms with Gasteiger partial charge in [0.1, 0.15) is 18.2 Å². The SMILES string of the molecule is CC(C)COc1ccc(CN2C(=O)OCC3(CCN(C)CC3)C2Cc2ccc(F)cc2)cc1. The first kappa shape index (κ1) is 23.6. The van der Waals surface area contributed by atoms with Crippen molar-refractivity contribution in [2.24, 2.45) is 11.3 Å². The van der Waals surface area contributed by atoms with Gasteiger partial charge in [0.05, 0.1) is 6.61 Å². The summed E-state index contributed by atoms with van der Waals surface area (Å²) in [5.41, 5.74) is 1.98. The lowest BCUT2D eigenvalue weighted by Crippen LogP contribution is -2.61. The van der Waals surface area contributed by atoms with E-state index < -0.39 is 0 Å². The molecule has 33 heavy (non-hydrogen) atoms. The van der Waals surface area contributed by atoms with Gasteiger partial charge in [-0.3, -0.25) is 4.90 Å². The van der Waals surface area contributed by atoms with Gasteiger partial charge < -0.3 is 14.4 Å². The molecule has 6 heteroatoms. The van der Waals surface area contributed by atoms with Crippen LogP contribution in [0.25, 0.3) is 0 Å². The molecule has 1 unspecified atom stereocenters. The number of piperidine rings is 1. The summed E-state index contributed by atoms with van der Waals surface area (Å²) in [5.74, 6) is 1.06. The number of nitrogens with zero attached hydrogens (tertiary/aromatic N) is 2. The minimum Gasteiger partial charge on any atom is -0.493 e. The number of cyclic esters (lactones) is 1. The molecule has 2 aliphatic heterocycles. The highest BCUT2D eigenvalue weighted by Crippen LogP contribution is 2.42. The Morgan fingerprint density at radius 1 is 1.06 bits per heavy atom. The second-order valence-electron chi connectivity index (χ2n) is 10.0. The Hall–Kier alpha value is -2.60. The van der Waals surface area contributed by atoms with Gasteiger partial charge in [0, 0.05) is 18.0 Å². The normalized spacial score (nSPS) is 20.8. The van der Waals surface area contributed by atoms with Gasteiger partial charge in [0.25, 0.3) is 0 Å². The molecule has 178 valence electrons. The average Bonchev–Trinajstić information content (AvgIpc) is 2.81. The van der Waals surface area contributed by atoms with Crippen LogP contribution in [0.1, 0.15) is 37.8 Å². The standard InChI is InChI=1S/C27H35FN2O3/c1-20(2)18-32-24-10-6-22(7-11-24)17-30-25(16-21-4-8-23(28)9-5-21)27(19-33-26(30)31)12-14-29(3)15-13-27/h4-11,20,25H,12-19H2,1-3H3. The third-order valence-corrected chi connectivity index (χ3v) is 6.99. The monoisotopic (exact) mass is 454 g/mol. The van der Waals surface area contributed by atoms with Gasteiger partial charge in [-0.1, -0.05) is 38.1 Å². The average molecular weight is 455 g/mol. The number of likely N-dealkylation sites (tertiary alicyclic amines) is 1. The van der Waals surface area contributed by atoms with Gasteiger partial charge in [-0.05, 0) is 80.7 Å². The van der Waals surface area contributed by atoms with Gasteiger partial charge in [-0.2, -0.15) is 0 Å². The number of carbonyl (C=O) groups excluding carboxylic acids is 1. The van der Waals surface area contributed by atoms with Crippen LogP contribution in [0.4, 0.5) is 9.18 Å². The van der Waals surface area contributed by atoms with Crippen molar-refractivity contribution < 1.29 is 18.7 Å². The molecule has 2 aliphatic rings. The number of hydrogen-bond donors (Lipinski definition) is 0. The van der Waals surface area contributed by atoms with E-state index >= 15 is 0 Å². The van der Waals surface area contributed by atoms with E-state index in [9.17, 15) is 9.18 Å². The van der Waals surface area contributed by atoms with Crippen LogP contribution in [0, 0.1) is 17.2 Å². The zero-order valence-electron chi connectivity index (χ0n) is 19.9. The molecule has 0 saturated carbocycles. The molecule has 0 aromatic heterocycles. The number of halogens is 1. The maximum absolute atomic E-state index is 13.5. The lowest BCUT2D eigenvalue weighted by molar-refractivity contribution is -0.0780. The summed E-state index contributed by atoms with van der Waals surface area (Å²) in [5, 5.41) is 0. The molecule has 2 aromatic carbocycles. The van der Waals surface area contributed by atoms with Crippen LogP contribution in [-0.4, -0.2) is 55.3 Å². The molecule has 2 heterocycles. The Kier molecular flexibility index (Phi) is 7.23. The predicted molar refractivity (Wildman–Crippen MR) is 127 cm³/mol. The number of benzene rings is 2. The largest absolute Gasteiger partial charge is 0.493 e. The fourth-order valence-electron chi connectivity index (χ4n) is 4.88. The lowest BCUT2D eigenvalue weighted by atomic mass is 9.69. The molecule has 0 N–H and O–H groups in total. The minimum atomic E-state index is -0.271. The Balaban J connectivity index is 1.57. The quantitative estimate of drug-likeness (QED) is 0.581. The number of amides is 1. The summed E-state index contributed by atoms with van der Waals surface area (Å²) in [6.45, 7) is 7.80. The minimum absolute atomic E-state index is 0.00483.